The fraction of sp³-hybridized carbons (Fsp3) is 0.658. The van der Waals surface area contributed by atoms with E-state index in [-0.39, 0.29) is 134 Å². The number of phosphoric ester groups is 3. The average molecular weight is 2170 g/mol. The minimum absolute atomic E-state index is 0.000752. The number of rotatable bonds is 52. The van der Waals surface area contributed by atoms with Crippen molar-refractivity contribution in [2.45, 2.75) is 189 Å². The summed E-state index contributed by atoms with van der Waals surface area (Å²) in [6.07, 6.45) is -29.2. The van der Waals surface area contributed by atoms with Crippen LogP contribution in [0.2, 0.25) is 0 Å². The third kappa shape index (κ3) is 26.4. The molecule has 28 atom stereocenters. The number of aryl methyl sites for hydroxylation is 4. The fourth-order valence-corrected chi connectivity index (χ4v) is 22.1. The van der Waals surface area contributed by atoms with Crippen LogP contribution in [0.25, 0.3) is 22.3 Å². The molecule has 61 nitrogen and oxygen atoms in total. The van der Waals surface area contributed by atoms with Crippen LogP contribution in [0.4, 0.5) is 34.9 Å². The van der Waals surface area contributed by atoms with Crippen LogP contribution in [0, 0.1) is 27.7 Å². The Labute approximate surface area is 827 Å². The first-order chi connectivity index (χ1) is 68.5. The van der Waals surface area contributed by atoms with E-state index in [4.69, 9.17) is 179 Å². The van der Waals surface area contributed by atoms with Crippen molar-refractivity contribution in [1.82, 2.24) is 77.2 Å². The summed E-state index contributed by atoms with van der Waals surface area (Å²) < 4.78 is 221. The highest BCUT2D eigenvalue weighted by molar-refractivity contribution is 8.32. The molecule has 14 heterocycles. The summed E-state index contributed by atoms with van der Waals surface area (Å²) in [5, 5.41) is 11.8. The van der Waals surface area contributed by atoms with Crippen molar-refractivity contribution in [3.63, 3.8) is 0 Å². The van der Waals surface area contributed by atoms with Gasteiger partial charge >= 0.3 is 22.8 Å². The summed E-state index contributed by atoms with van der Waals surface area (Å²) in [5.41, 5.74) is 33.6. The molecule has 0 aromatic carbocycles. The van der Waals surface area contributed by atoms with Crippen molar-refractivity contribution >= 4 is 118 Å². The van der Waals surface area contributed by atoms with Gasteiger partial charge in [-0.05, 0) is 34.1 Å². The van der Waals surface area contributed by atoms with E-state index in [1.807, 2.05) is 0 Å². The smallest absolute Gasteiger partial charge is 0.351 e. The predicted octanol–water partition coefficient (Wildman–Crippen LogP) is -3.22. The molecular weight excluding hydrogens is 2060 g/mol. The maximum atomic E-state index is 15.3. The zero-order chi connectivity index (χ0) is 104. The van der Waals surface area contributed by atoms with Gasteiger partial charge in [-0.1, -0.05) is 18.7 Å². The molecule has 13 N–H and O–H groups in total. The lowest BCUT2D eigenvalue weighted by Gasteiger charge is -2.35. The molecule has 10 unspecified atom stereocenters. The molecule has 0 radical (unpaired) electrons. The van der Waals surface area contributed by atoms with Gasteiger partial charge in [-0.2, -0.15) is 19.9 Å². The lowest BCUT2D eigenvalue weighted by molar-refractivity contribution is -0.241. The lowest BCUT2D eigenvalue weighted by atomic mass is 10.1. The highest BCUT2D eigenvalue weighted by atomic mass is 32.7. The zero-order valence-electron chi connectivity index (χ0n) is 78.6. The van der Waals surface area contributed by atoms with Gasteiger partial charge in [-0.3, -0.25) is 45.7 Å². The van der Waals surface area contributed by atoms with Crippen LogP contribution in [0.5, 0.6) is 0 Å². The molecule has 6 aliphatic rings. The number of aliphatic hydroxyl groups excluding tert-OH is 1. The Bertz CT molecular complexity index is 6290. The zero-order valence-corrected chi connectivity index (χ0v) is 84.7. The van der Waals surface area contributed by atoms with Gasteiger partial charge in [0.25, 0.3) is 23.5 Å². The van der Waals surface area contributed by atoms with E-state index in [1.165, 1.54) is 88.1 Å². The molecule has 144 heavy (non-hydrogen) atoms. The number of ether oxygens (including phenoxy) is 16. The number of hydrogen-bond donors (Lipinski definition) is 7. The minimum atomic E-state index is -6.26. The Morgan fingerprint density at radius 3 is 1.05 bits per heavy atom. The summed E-state index contributed by atoms with van der Waals surface area (Å²) in [6, 6.07) is 0. The van der Waals surface area contributed by atoms with E-state index in [0.717, 1.165) is 38.7 Å². The van der Waals surface area contributed by atoms with Crippen LogP contribution in [-0.2, 0) is 163 Å². The number of nitrogens with zero attached hydrogens (tertiary/aromatic N) is 16. The number of methoxy groups -OCH3 is 5. The second-order valence-corrected chi connectivity index (χ2v) is 42.5. The van der Waals surface area contributed by atoms with E-state index >= 15 is 28.4 Å². The second-order valence-electron chi connectivity index (χ2n) is 33.0. The molecule has 68 heteroatoms. The van der Waals surface area contributed by atoms with Gasteiger partial charge in [0.1, 0.15) is 151 Å². The third-order valence-electron chi connectivity index (χ3n) is 23.4. The van der Waals surface area contributed by atoms with Crippen LogP contribution < -0.4 is 76.7 Å². The molecule has 8 aromatic heterocycles. The molecule has 6 aliphatic heterocycles. The van der Waals surface area contributed by atoms with Gasteiger partial charge in [0, 0.05) is 89.0 Å². The van der Waals surface area contributed by atoms with Crippen LogP contribution in [0.1, 0.15) is 79.4 Å². The van der Waals surface area contributed by atoms with Crippen molar-refractivity contribution in [3.05, 3.63) is 114 Å². The standard InChI is InChI=1S/C76H113N22O39P5S2/c1-11-40-41(22-47(127-40)93-23-36(2)60(77)89-73(93)100)133-141(110,143)126-31-46-53(58(120-20-15-115-9)71(132-46)97-34-87-48-64(81)83-32-85-66(48)97)136-139(106,107)123-29-44-51(56(118-18-13-113-7)69(130-44)95-25-38(4)62(79)91-75(95)102)134-138(104,105)122-28-43-52(57(119-19-14-114-8)70(129-43)96-26-39(5)63(80)92-76(96)103)135-140(108,109)124-30-45-54(59(121-21-16-116-10)72(131-45)98-35-88-49-65(82)84-33-86-67(49)98)137-142(111,144)125-27-42-50(99)55(117-17-12-112-6)68(128-42)94-24-37(3)61(78)90-74(94)101/h23-26,32-35,40-47,50-59,68-72,99H,11-22,27-31H2,1-10H3,(H,104,105)(H,106,107)(H,108,109)(H,110,143)(H,111,144)(H2,77,89,100)(H2,78,90,101)(H2,79,91,102)(H2,80,92,103)(H2,81,83,85)(H2,82,84,86)/p-5/t40-,41-,42-,43-,44-,45-,46-,47-,50+,51+,52+,53+,54+,55?,56?,57?,58?,59?,68-,69-,70-,71-,72-,141?,142?/m1/s1. The highest BCUT2D eigenvalue weighted by Gasteiger charge is 2.57. The predicted molar refractivity (Wildman–Crippen MR) is 489 cm³/mol. The molecule has 14 rings (SSSR count). The SMILES string of the molecule is CC[C@H]1O[C@@H](n2cc(C)c(N)nc2=O)C[C@H]1OP([O-])(=S)OC[C@H]1O[C@@H](n2cnc3c(N)ncnc32)C(OCCOC)[C@H]1OP(=O)([O-])OC[C@H]1O[C@@H](n2cc(C)c(N)nc2=O)C(OCCOC)[C@H]1OP(=O)([O-])OC[C@H]1O[C@@H](n2cc(C)c(N)nc2=O)C(OCCOC)[C@H]1OP(=O)([O-])OC[C@H]1O[C@@H](n2cnc3c(N)ncnc32)C(OCCOC)[C@H]1OP(=O)([S-])OC[C@H]1O[C@@H](n2cc(C)c(N)nc2=O)C(OCCOC)[C@H]1O. The Hall–Kier alpha value is -7.90. The van der Waals surface area contributed by atoms with Gasteiger partial charge < -0.3 is 192 Å². The normalized spacial score (nSPS) is 29.3. The molecule has 8 aromatic rings. The van der Waals surface area contributed by atoms with Crippen LogP contribution in [0.3, 0.4) is 0 Å². The van der Waals surface area contributed by atoms with Crippen molar-refractivity contribution in [3.8, 4) is 0 Å². The quantitative estimate of drug-likeness (QED) is 0.0112. The average Bonchev–Trinajstić information content (AvgIpc) is 1.60. The van der Waals surface area contributed by atoms with Crippen LogP contribution >= 0.6 is 37.0 Å². The molecule has 0 bridgehead atoms. The molecule has 0 spiro atoms. The van der Waals surface area contributed by atoms with Gasteiger partial charge in [0.2, 0.25) is 0 Å². The van der Waals surface area contributed by atoms with E-state index in [0.29, 0.717) is 11.1 Å². The topological polar surface area (TPSA) is 804 Å². The maximum absolute atomic E-state index is 15.3. The second kappa shape index (κ2) is 48.4. The van der Waals surface area contributed by atoms with Crippen LogP contribution in [0.15, 0.2) is 69.3 Å². The molecule has 0 aliphatic carbocycles. The first-order valence-corrected chi connectivity index (χ1v) is 53.6. The van der Waals surface area contributed by atoms with Gasteiger partial charge in [-0.25, -0.2) is 49.1 Å². The van der Waals surface area contributed by atoms with Crippen molar-refractivity contribution in [2.24, 2.45) is 0 Å². The Kier molecular flexibility index (Phi) is 37.5. The van der Waals surface area contributed by atoms with E-state index in [1.54, 1.807) is 20.8 Å². The van der Waals surface area contributed by atoms with Crippen molar-refractivity contribution < 1.29 is 164 Å². The number of phosphoric acid groups is 3. The Morgan fingerprint density at radius 1 is 0.389 bits per heavy atom. The number of aliphatic hydroxyl groups is 1. The largest absolute Gasteiger partial charge is 0.780 e. The highest BCUT2D eigenvalue weighted by Crippen LogP contribution is 2.56. The van der Waals surface area contributed by atoms with E-state index in [9.17, 15) is 33.7 Å². The number of aromatic nitrogens is 16. The summed E-state index contributed by atoms with van der Waals surface area (Å²) >= 11 is 11.0. The van der Waals surface area contributed by atoms with E-state index in [2.05, 4.69) is 49.8 Å². The summed E-state index contributed by atoms with van der Waals surface area (Å²) in [6.45, 7) is -10.3. The Balaban J connectivity index is 0.755. The number of hydrogen-bond acceptors (Lipinski definition) is 57. The molecular formula is C76H108N22O39P5S2-5. The summed E-state index contributed by atoms with van der Waals surface area (Å²) in [7, 11) is -11.9. The summed E-state index contributed by atoms with van der Waals surface area (Å²) in [4.78, 5) is 156. The fourth-order valence-electron chi connectivity index (χ4n) is 16.3. The van der Waals surface area contributed by atoms with Crippen molar-refractivity contribution in [1.29, 1.82) is 0 Å². The molecule has 6 fully saturated rings. The summed E-state index contributed by atoms with van der Waals surface area (Å²) in [5.74, 6) is -0.863. The monoisotopic (exact) mass is 2170 g/mol. The van der Waals surface area contributed by atoms with Crippen molar-refractivity contribution in [2.75, 3.05) is 169 Å². The lowest BCUT2D eigenvalue weighted by Crippen LogP contribution is -2.42. The maximum Gasteiger partial charge on any atom is 0.351 e. The molecule has 798 valence electrons. The Morgan fingerprint density at radius 2 is 0.694 bits per heavy atom. The van der Waals surface area contributed by atoms with Gasteiger partial charge in [-0.15, -0.1) is 0 Å². The van der Waals surface area contributed by atoms with E-state index < -0.39 is 247 Å². The number of anilines is 6. The molecule has 6 saturated heterocycles. The minimum Gasteiger partial charge on any atom is -0.780 e. The van der Waals surface area contributed by atoms with Gasteiger partial charge in [0.15, 0.2) is 60.9 Å². The number of nitrogen functional groups attached to an aromatic ring is 6. The molecule has 0 saturated carbocycles. The molecule has 0 amide bonds. The number of imidazole rings is 2. The van der Waals surface area contributed by atoms with Crippen LogP contribution in [-0.4, -0.2) is 321 Å². The van der Waals surface area contributed by atoms with Gasteiger partial charge in [0.05, 0.1) is 124 Å². The first kappa shape index (κ1) is 112. The number of fused-ring (bicyclic) bond motifs is 2. The number of nitrogens with two attached hydrogens (primary N) is 6. The third-order valence-corrected chi connectivity index (χ3v) is 29.4. The first-order valence-electron chi connectivity index (χ1n) is 44.1.